The van der Waals surface area contributed by atoms with Crippen LogP contribution in [0.4, 0.5) is 0 Å². The molecule has 0 saturated carbocycles. The highest BCUT2D eigenvalue weighted by atomic mass is 79.9. The van der Waals surface area contributed by atoms with E-state index in [4.69, 9.17) is 0 Å². The number of aryl methyl sites for hydroxylation is 1. The molecule has 0 saturated heterocycles. The van der Waals surface area contributed by atoms with Gasteiger partial charge in [0.1, 0.15) is 0 Å². The van der Waals surface area contributed by atoms with Gasteiger partial charge in [0.05, 0.1) is 12.1 Å². The molecule has 3 rings (SSSR count). The van der Waals surface area contributed by atoms with E-state index < -0.39 is 5.97 Å². The minimum Gasteiger partial charge on any atom is -0.481 e. The molecule has 0 unspecified atom stereocenters. The van der Waals surface area contributed by atoms with Gasteiger partial charge < -0.3 is 10.1 Å². The van der Waals surface area contributed by atoms with E-state index in [0.717, 1.165) is 37.8 Å². The quantitative estimate of drug-likeness (QED) is 0.733. The number of H-pyrrole nitrogens is 1. The molecule has 0 aliphatic carbocycles. The van der Waals surface area contributed by atoms with Crippen molar-refractivity contribution in [3.05, 3.63) is 58.1 Å². The zero-order chi connectivity index (χ0) is 15.0. The number of carboxylic acids is 1. The summed E-state index contributed by atoms with van der Waals surface area (Å²) in [5, 5.41) is 10.2. The third kappa shape index (κ3) is 2.59. The number of carbonyl (C=O) groups is 1. The Morgan fingerprint density at radius 1 is 1.19 bits per heavy atom. The zero-order valence-electron chi connectivity index (χ0n) is 11.5. The van der Waals surface area contributed by atoms with E-state index in [9.17, 15) is 9.90 Å². The van der Waals surface area contributed by atoms with Gasteiger partial charge in [-0.15, -0.1) is 0 Å². The van der Waals surface area contributed by atoms with Crippen molar-refractivity contribution in [1.82, 2.24) is 4.98 Å². The molecule has 1 heterocycles. The Kier molecular flexibility index (Phi) is 3.55. The maximum atomic E-state index is 11.2. The Morgan fingerprint density at radius 3 is 2.57 bits per heavy atom. The van der Waals surface area contributed by atoms with Gasteiger partial charge in [0.15, 0.2) is 0 Å². The number of rotatable bonds is 3. The SMILES string of the molecule is Cc1cccc2c(CC(=O)O)c(-c3ccc(Br)cc3)[nH]c12. The van der Waals surface area contributed by atoms with Crippen molar-refractivity contribution in [2.75, 3.05) is 0 Å². The summed E-state index contributed by atoms with van der Waals surface area (Å²) in [5.74, 6) is -0.823. The number of para-hydroxylation sites is 1. The number of fused-ring (bicyclic) bond motifs is 1. The lowest BCUT2D eigenvalue weighted by atomic mass is 10.0. The van der Waals surface area contributed by atoms with Crippen LogP contribution in [-0.4, -0.2) is 16.1 Å². The highest BCUT2D eigenvalue weighted by Crippen LogP contribution is 2.32. The predicted molar refractivity (Wildman–Crippen MR) is 87.5 cm³/mol. The van der Waals surface area contributed by atoms with E-state index >= 15 is 0 Å². The van der Waals surface area contributed by atoms with Crippen LogP contribution in [0.1, 0.15) is 11.1 Å². The largest absolute Gasteiger partial charge is 0.481 e. The fourth-order valence-electron chi connectivity index (χ4n) is 2.62. The molecule has 2 aromatic carbocycles. The van der Waals surface area contributed by atoms with Crippen LogP contribution in [0, 0.1) is 6.92 Å². The van der Waals surface area contributed by atoms with Gasteiger partial charge in [-0.3, -0.25) is 4.79 Å². The summed E-state index contributed by atoms with van der Waals surface area (Å²) in [6, 6.07) is 13.8. The Labute approximate surface area is 130 Å². The number of aromatic nitrogens is 1. The number of benzene rings is 2. The normalized spacial score (nSPS) is 11.0. The molecule has 0 spiro atoms. The van der Waals surface area contributed by atoms with Crippen LogP contribution in [0.5, 0.6) is 0 Å². The lowest BCUT2D eigenvalue weighted by molar-refractivity contribution is -0.136. The average molecular weight is 344 g/mol. The first-order chi connectivity index (χ1) is 10.1. The first kappa shape index (κ1) is 13.9. The first-order valence-electron chi connectivity index (χ1n) is 6.64. The highest BCUT2D eigenvalue weighted by Gasteiger charge is 2.16. The minimum absolute atomic E-state index is 0.00878. The summed E-state index contributed by atoms with van der Waals surface area (Å²) in [4.78, 5) is 14.6. The van der Waals surface area contributed by atoms with E-state index in [-0.39, 0.29) is 6.42 Å². The van der Waals surface area contributed by atoms with E-state index in [0.29, 0.717) is 0 Å². The molecule has 3 nitrogen and oxygen atoms in total. The van der Waals surface area contributed by atoms with Gasteiger partial charge in [0.25, 0.3) is 0 Å². The van der Waals surface area contributed by atoms with Gasteiger partial charge in [-0.1, -0.05) is 46.3 Å². The van der Waals surface area contributed by atoms with E-state index in [2.05, 4.69) is 20.9 Å². The molecule has 0 fully saturated rings. The van der Waals surface area contributed by atoms with Crippen molar-refractivity contribution < 1.29 is 9.90 Å². The molecule has 4 heteroatoms. The minimum atomic E-state index is -0.823. The second-order valence-corrected chi connectivity index (χ2v) is 5.97. The first-order valence-corrected chi connectivity index (χ1v) is 7.43. The molecule has 0 atom stereocenters. The van der Waals surface area contributed by atoms with Crippen molar-refractivity contribution in [2.24, 2.45) is 0 Å². The molecule has 0 bridgehead atoms. The second kappa shape index (κ2) is 5.37. The fraction of sp³-hybridized carbons (Fsp3) is 0.118. The lowest BCUT2D eigenvalue weighted by Crippen LogP contribution is -2.00. The Morgan fingerprint density at radius 2 is 1.90 bits per heavy atom. The molecule has 0 amide bonds. The molecular weight excluding hydrogens is 330 g/mol. The van der Waals surface area contributed by atoms with E-state index in [1.807, 2.05) is 49.4 Å². The molecule has 0 radical (unpaired) electrons. The number of halogens is 1. The lowest BCUT2D eigenvalue weighted by Gasteiger charge is -2.03. The fourth-order valence-corrected chi connectivity index (χ4v) is 2.88. The number of carboxylic acid groups (broad SMARTS) is 1. The summed E-state index contributed by atoms with van der Waals surface area (Å²) >= 11 is 3.42. The van der Waals surface area contributed by atoms with Crippen LogP contribution >= 0.6 is 15.9 Å². The van der Waals surface area contributed by atoms with Crippen LogP contribution in [0.25, 0.3) is 22.2 Å². The van der Waals surface area contributed by atoms with Crippen LogP contribution in [-0.2, 0) is 11.2 Å². The molecule has 3 aromatic rings. The second-order valence-electron chi connectivity index (χ2n) is 5.05. The van der Waals surface area contributed by atoms with E-state index in [1.165, 1.54) is 0 Å². The molecule has 106 valence electrons. The number of hydrogen-bond acceptors (Lipinski definition) is 1. The third-order valence-corrected chi connectivity index (χ3v) is 4.14. The molecule has 2 N–H and O–H groups in total. The molecule has 0 aliphatic heterocycles. The zero-order valence-corrected chi connectivity index (χ0v) is 13.1. The summed E-state index contributed by atoms with van der Waals surface area (Å²) in [6.07, 6.45) is 0.00878. The molecular formula is C17H14BrNO2. The van der Waals surface area contributed by atoms with Gasteiger partial charge in [-0.2, -0.15) is 0 Å². The van der Waals surface area contributed by atoms with Gasteiger partial charge in [0.2, 0.25) is 0 Å². The number of hydrogen-bond donors (Lipinski definition) is 2. The van der Waals surface area contributed by atoms with Crippen LogP contribution < -0.4 is 0 Å². The van der Waals surface area contributed by atoms with Gasteiger partial charge in [-0.25, -0.2) is 0 Å². The Hall–Kier alpha value is -2.07. The molecule has 21 heavy (non-hydrogen) atoms. The maximum Gasteiger partial charge on any atom is 0.307 e. The van der Waals surface area contributed by atoms with Crippen molar-refractivity contribution in [3.63, 3.8) is 0 Å². The number of aliphatic carboxylic acids is 1. The predicted octanol–water partition coefficient (Wildman–Crippen LogP) is 4.53. The van der Waals surface area contributed by atoms with Gasteiger partial charge in [-0.05, 0) is 35.7 Å². The summed E-state index contributed by atoms with van der Waals surface area (Å²) in [6.45, 7) is 2.02. The standard InChI is InChI=1S/C17H14BrNO2/c1-10-3-2-4-13-14(9-15(20)21)17(19-16(10)13)11-5-7-12(18)8-6-11/h2-8,19H,9H2,1H3,(H,20,21). The topological polar surface area (TPSA) is 53.1 Å². The average Bonchev–Trinajstić information content (AvgIpc) is 2.80. The summed E-state index contributed by atoms with van der Waals surface area (Å²) in [7, 11) is 0. The monoisotopic (exact) mass is 343 g/mol. The van der Waals surface area contributed by atoms with Gasteiger partial charge >= 0.3 is 5.97 Å². The third-order valence-electron chi connectivity index (χ3n) is 3.61. The highest BCUT2D eigenvalue weighted by molar-refractivity contribution is 9.10. The van der Waals surface area contributed by atoms with Crippen molar-refractivity contribution in [2.45, 2.75) is 13.3 Å². The number of aromatic amines is 1. The molecule has 1 aromatic heterocycles. The van der Waals surface area contributed by atoms with Crippen LogP contribution in [0.3, 0.4) is 0 Å². The molecule has 0 aliphatic rings. The van der Waals surface area contributed by atoms with Crippen LogP contribution in [0.2, 0.25) is 0 Å². The van der Waals surface area contributed by atoms with E-state index in [1.54, 1.807) is 0 Å². The smallest absolute Gasteiger partial charge is 0.307 e. The Bertz CT molecular complexity index is 819. The van der Waals surface area contributed by atoms with Crippen molar-refractivity contribution in [1.29, 1.82) is 0 Å². The van der Waals surface area contributed by atoms with Crippen molar-refractivity contribution in [3.8, 4) is 11.3 Å². The van der Waals surface area contributed by atoms with Gasteiger partial charge in [0, 0.05) is 15.4 Å². The maximum absolute atomic E-state index is 11.2. The summed E-state index contributed by atoms with van der Waals surface area (Å²) < 4.78 is 0.998. The number of nitrogens with one attached hydrogen (secondary N) is 1. The Balaban J connectivity index is 2.27. The van der Waals surface area contributed by atoms with Crippen molar-refractivity contribution >= 4 is 32.8 Å². The van der Waals surface area contributed by atoms with Crippen LogP contribution in [0.15, 0.2) is 46.9 Å². The summed E-state index contributed by atoms with van der Waals surface area (Å²) in [5.41, 5.74) is 4.83.